The number of H-pyrrole nitrogens is 1. The van der Waals surface area contributed by atoms with Gasteiger partial charge in [-0.05, 0) is 15.9 Å². The van der Waals surface area contributed by atoms with Crippen LogP contribution in [0.1, 0.15) is 0 Å². The van der Waals surface area contributed by atoms with Gasteiger partial charge in [0.1, 0.15) is 10.3 Å². The first-order chi connectivity index (χ1) is 6.15. The van der Waals surface area contributed by atoms with Crippen LogP contribution < -0.4 is 11.3 Å². The van der Waals surface area contributed by atoms with E-state index < -0.39 is 0 Å². The van der Waals surface area contributed by atoms with Crippen molar-refractivity contribution in [2.24, 2.45) is 0 Å². The lowest BCUT2D eigenvalue weighted by molar-refractivity contribution is 0.936. The van der Waals surface area contributed by atoms with Crippen LogP contribution in [0.15, 0.2) is 14.4 Å². The number of aromatic nitrogens is 2. The van der Waals surface area contributed by atoms with E-state index in [1.54, 1.807) is 0 Å². The molecule has 0 atom stereocenters. The first-order valence-electron chi connectivity index (χ1n) is 3.39. The maximum absolute atomic E-state index is 11.2. The largest absolute Gasteiger partial charge is 0.383 e. The number of hydrogen-bond donors (Lipinski definition) is 2. The Kier molecular flexibility index (Phi) is 4.27. The molecule has 0 fully saturated rings. The summed E-state index contributed by atoms with van der Waals surface area (Å²) in [5.41, 5.74) is 5.24. The lowest BCUT2D eigenvalue weighted by Crippen LogP contribution is -2.12. The summed E-state index contributed by atoms with van der Waals surface area (Å²) in [4.78, 5) is 17.8. The van der Waals surface area contributed by atoms with Gasteiger partial charge in [-0.2, -0.15) is 0 Å². The third-order valence-electron chi connectivity index (χ3n) is 1.18. The molecule has 0 aliphatic carbocycles. The van der Waals surface area contributed by atoms with Crippen LogP contribution in [-0.2, 0) is 0 Å². The van der Waals surface area contributed by atoms with Crippen molar-refractivity contribution in [1.82, 2.24) is 9.97 Å². The zero-order valence-electron chi connectivity index (χ0n) is 6.51. The fraction of sp³-hybridized carbons (Fsp3) is 0.333. The van der Waals surface area contributed by atoms with Crippen LogP contribution in [0.25, 0.3) is 0 Å². The van der Waals surface area contributed by atoms with E-state index in [2.05, 4.69) is 41.8 Å². The highest BCUT2D eigenvalue weighted by Crippen LogP contribution is 2.16. The molecule has 72 valence electrons. The minimum atomic E-state index is -0.246. The SMILES string of the molecule is Nc1nc(SCCBr)[nH]c(=O)c1Br. The zero-order chi connectivity index (χ0) is 9.84. The summed E-state index contributed by atoms with van der Waals surface area (Å²) in [6.07, 6.45) is 0. The number of nitrogens with two attached hydrogens (primary N) is 1. The van der Waals surface area contributed by atoms with Crippen LogP contribution in [0, 0.1) is 0 Å². The van der Waals surface area contributed by atoms with Crippen molar-refractivity contribution in [2.75, 3.05) is 16.8 Å². The molecule has 0 spiro atoms. The molecular formula is C6H7Br2N3OS. The standard InChI is InChI=1S/C6H7Br2N3OS/c7-1-2-13-6-10-4(9)3(8)5(12)11-6/h1-2H2,(H3,9,10,11,12). The molecule has 0 aliphatic rings. The number of hydrogen-bond acceptors (Lipinski definition) is 4. The Hall–Kier alpha value is -0.0100. The summed E-state index contributed by atoms with van der Waals surface area (Å²) >= 11 is 7.75. The van der Waals surface area contributed by atoms with Gasteiger partial charge in [0.2, 0.25) is 0 Å². The van der Waals surface area contributed by atoms with Crippen LogP contribution in [0.5, 0.6) is 0 Å². The maximum atomic E-state index is 11.2. The molecule has 0 amide bonds. The van der Waals surface area contributed by atoms with Crippen molar-refractivity contribution in [3.63, 3.8) is 0 Å². The van der Waals surface area contributed by atoms with E-state index in [1.165, 1.54) is 11.8 Å². The van der Waals surface area contributed by atoms with Gasteiger partial charge < -0.3 is 10.7 Å². The second-order valence-corrected chi connectivity index (χ2v) is 4.78. The minimum absolute atomic E-state index is 0.223. The van der Waals surface area contributed by atoms with Gasteiger partial charge in [-0.15, -0.1) is 0 Å². The normalized spacial score (nSPS) is 10.3. The predicted octanol–water partition coefficient (Wildman–Crippen LogP) is 1.60. The molecule has 7 heteroatoms. The molecular weight excluding hydrogens is 322 g/mol. The van der Waals surface area contributed by atoms with Gasteiger partial charge in [0, 0.05) is 11.1 Å². The summed E-state index contributed by atoms with van der Waals surface area (Å²) in [5, 5.41) is 1.39. The average Bonchev–Trinajstić information content (AvgIpc) is 2.10. The molecule has 13 heavy (non-hydrogen) atoms. The van der Waals surface area contributed by atoms with Gasteiger partial charge in [0.05, 0.1) is 0 Å². The monoisotopic (exact) mass is 327 g/mol. The second-order valence-electron chi connectivity index (χ2n) is 2.11. The van der Waals surface area contributed by atoms with Crippen LogP contribution >= 0.6 is 43.6 Å². The molecule has 1 rings (SSSR count). The molecule has 1 aromatic heterocycles. The molecule has 3 N–H and O–H groups in total. The van der Waals surface area contributed by atoms with Gasteiger partial charge in [0.15, 0.2) is 5.16 Å². The van der Waals surface area contributed by atoms with Crippen molar-refractivity contribution in [2.45, 2.75) is 5.16 Å². The first kappa shape index (κ1) is 11.1. The molecule has 0 aromatic carbocycles. The Morgan fingerprint density at radius 3 is 2.85 bits per heavy atom. The van der Waals surface area contributed by atoms with Gasteiger partial charge in [-0.3, -0.25) is 4.79 Å². The highest BCUT2D eigenvalue weighted by atomic mass is 79.9. The first-order valence-corrected chi connectivity index (χ1v) is 6.29. The highest BCUT2D eigenvalue weighted by Gasteiger charge is 2.05. The summed E-state index contributed by atoms with van der Waals surface area (Å²) < 4.78 is 0.288. The number of thioether (sulfide) groups is 1. The Balaban J connectivity index is 2.93. The topological polar surface area (TPSA) is 71.8 Å². The smallest absolute Gasteiger partial charge is 0.268 e. The molecule has 0 bridgehead atoms. The molecule has 0 radical (unpaired) electrons. The Morgan fingerprint density at radius 1 is 1.62 bits per heavy atom. The van der Waals surface area contributed by atoms with Crippen molar-refractivity contribution >= 4 is 49.4 Å². The quantitative estimate of drug-likeness (QED) is 0.502. The zero-order valence-corrected chi connectivity index (χ0v) is 10.5. The maximum Gasteiger partial charge on any atom is 0.268 e. The summed E-state index contributed by atoms with van der Waals surface area (Å²) in [6.45, 7) is 0. The fourth-order valence-electron chi connectivity index (χ4n) is 0.658. The number of nitrogens with one attached hydrogen (secondary N) is 1. The summed E-state index contributed by atoms with van der Waals surface area (Å²) in [5.74, 6) is 1.06. The summed E-state index contributed by atoms with van der Waals surface area (Å²) in [6, 6.07) is 0. The van der Waals surface area contributed by atoms with Gasteiger partial charge in [-0.25, -0.2) is 4.98 Å². The molecule has 0 aliphatic heterocycles. The fourth-order valence-corrected chi connectivity index (χ4v) is 1.93. The Bertz CT molecular complexity index is 354. The molecule has 0 unspecified atom stereocenters. The number of halogens is 2. The number of nitrogen functional groups attached to an aromatic ring is 1. The van der Waals surface area contributed by atoms with E-state index in [9.17, 15) is 4.79 Å². The summed E-state index contributed by atoms with van der Waals surface area (Å²) in [7, 11) is 0. The van der Waals surface area contributed by atoms with Gasteiger partial charge >= 0.3 is 0 Å². The van der Waals surface area contributed by atoms with Crippen LogP contribution in [0.2, 0.25) is 0 Å². The number of alkyl halides is 1. The van der Waals surface area contributed by atoms with E-state index in [4.69, 9.17) is 5.73 Å². The minimum Gasteiger partial charge on any atom is -0.383 e. The van der Waals surface area contributed by atoms with Crippen molar-refractivity contribution in [3.05, 3.63) is 14.8 Å². The van der Waals surface area contributed by atoms with Crippen molar-refractivity contribution < 1.29 is 0 Å². The van der Waals surface area contributed by atoms with Gasteiger partial charge in [-0.1, -0.05) is 27.7 Å². The third kappa shape index (κ3) is 2.99. The van der Waals surface area contributed by atoms with E-state index in [-0.39, 0.29) is 15.8 Å². The number of rotatable bonds is 3. The predicted molar refractivity (Wildman–Crippen MR) is 61.5 cm³/mol. The number of anilines is 1. The van der Waals surface area contributed by atoms with E-state index >= 15 is 0 Å². The Morgan fingerprint density at radius 2 is 2.31 bits per heavy atom. The van der Waals surface area contributed by atoms with E-state index in [1.807, 2.05) is 0 Å². The third-order valence-corrected chi connectivity index (χ3v) is 3.75. The molecule has 1 heterocycles. The average molecular weight is 329 g/mol. The van der Waals surface area contributed by atoms with Gasteiger partial charge in [0.25, 0.3) is 5.56 Å². The van der Waals surface area contributed by atoms with Crippen molar-refractivity contribution in [3.8, 4) is 0 Å². The van der Waals surface area contributed by atoms with E-state index in [0.717, 1.165) is 11.1 Å². The number of nitrogens with zero attached hydrogens (tertiary/aromatic N) is 1. The highest BCUT2D eigenvalue weighted by molar-refractivity contribution is 9.10. The van der Waals surface area contributed by atoms with Crippen LogP contribution in [0.3, 0.4) is 0 Å². The van der Waals surface area contributed by atoms with Crippen LogP contribution in [-0.4, -0.2) is 21.1 Å². The lowest BCUT2D eigenvalue weighted by atomic mass is 10.6. The van der Waals surface area contributed by atoms with Crippen LogP contribution in [0.4, 0.5) is 5.82 Å². The second kappa shape index (κ2) is 5.02. The number of aromatic amines is 1. The molecule has 0 saturated carbocycles. The Labute approximate surface area is 96.0 Å². The van der Waals surface area contributed by atoms with Crippen molar-refractivity contribution in [1.29, 1.82) is 0 Å². The molecule has 1 aromatic rings. The molecule has 4 nitrogen and oxygen atoms in total. The lowest BCUT2D eigenvalue weighted by Gasteiger charge is -2.00. The molecule has 0 saturated heterocycles. The van der Waals surface area contributed by atoms with E-state index in [0.29, 0.717) is 5.16 Å².